The van der Waals surface area contributed by atoms with Gasteiger partial charge in [0.1, 0.15) is 23.6 Å². The number of ether oxygens (including phenoxy) is 4. The number of hydrogen-bond donors (Lipinski definition) is 1. The van der Waals surface area contributed by atoms with Crippen LogP contribution in [0.2, 0.25) is 0 Å². The van der Waals surface area contributed by atoms with Crippen LogP contribution in [0.5, 0.6) is 23.0 Å². The molecule has 45 heavy (non-hydrogen) atoms. The van der Waals surface area contributed by atoms with Crippen LogP contribution in [0.25, 0.3) is 10.9 Å². The first-order chi connectivity index (χ1) is 22.0. The van der Waals surface area contributed by atoms with Crippen LogP contribution in [0, 0.1) is 0 Å². The molecule has 0 unspecified atom stereocenters. The number of carbonyl (C=O) groups is 2. The Hall–Kier alpha value is -4.63. The number of nitrogens with zero attached hydrogens (tertiary/aromatic N) is 2. The lowest BCUT2D eigenvalue weighted by Gasteiger charge is -2.29. The number of carbonyl (C=O) groups excluding carboxylic acids is 2. The van der Waals surface area contributed by atoms with E-state index in [-0.39, 0.29) is 24.0 Å². The zero-order valence-electron chi connectivity index (χ0n) is 26.2. The van der Waals surface area contributed by atoms with Gasteiger partial charge in [-0.1, -0.05) is 32.0 Å². The van der Waals surface area contributed by atoms with Crippen LogP contribution >= 0.6 is 0 Å². The smallest absolute Gasteiger partial charge is 0.323 e. The first kappa shape index (κ1) is 31.8. The quantitative estimate of drug-likeness (QED) is 0.149. The van der Waals surface area contributed by atoms with E-state index in [1.165, 1.54) is 0 Å². The molecule has 1 atom stereocenters. The first-order valence-electron chi connectivity index (χ1n) is 15.7. The number of hydrogen-bond acceptors (Lipinski definition) is 8. The van der Waals surface area contributed by atoms with Gasteiger partial charge in [-0.2, -0.15) is 0 Å². The van der Waals surface area contributed by atoms with Crippen molar-refractivity contribution in [3.8, 4) is 23.0 Å². The van der Waals surface area contributed by atoms with Gasteiger partial charge in [-0.05, 0) is 87.3 Å². The normalized spacial score (nSPS) is 13.9. The summed E-state index contributed by atoms with van der Waals surface area (Å²) in [4.78, 5) is 32.3. The van der Waals surface area contributed by atoms with Crippen molar-refractivity contribution in [3.05, 3.63) is 84.6 Å². The summed E-state index contributed by atoms with van der Waals surface area (Å²) >= 11 is 0. The molecule has 1 fully saturated rings. The molecule has 9 heteroatoms. The summed E-state index contributed by atoms with van der Waals surface area (Å²) in [6.45, 7) is 5.91. The van der Waals surface area contributed by atoms with Gasteiger partial charge in [0.2, 0.25) is 0 Å². The molecule has 3 aromatic carbocycles. The van der Waals surface area contributed by atoms with Crippen molar-refractivity contribution in [2.45, 2.75) is 58.1 Å². The van der Waals surface area contributed by atoms with E-state index in [0.717, 1.165) is 44.2 Å². The second-order valence-corrected chi connectivity index (χ2v) is 11.0. The lowest BCUT2D eigenvalue weighted by atomic mass is 10.1. The van der Waals surface area contributed by atoms with E-state index < -0.39 is 0 Å². The number of benzene rings is 3. The van der Waals surface area contributed by atoms with Crippen LogP contribution in [0.4, 0.5) is 5.69 Å². The monoisotopic (exact) mass is 611 g/mol. The van der Waals surface area contributed by atoms with Gasteiger partial charge in [-0.3, -0.25) is 19.5 Å². The van der Waals surface area contributed by atoms with Crippen LogP contribution in [0.3, 0.4) is 0 Å². The molecule has 236 valence electrons. The van der Waals surface area contributed by atoms with Gasteiger partial charge in [0.15, 0.2) is 11.5 Å². The van der Waals surface area contributed by atoms with E-state index in [1.54, 1.807) is 55.8 Å². The maximum Gasteiger partial charge on any atom is 0.323 e. The Labute approximate surface area is 264 Å². The predicted octanol–water partition coefficient (Wildman–Crippen LogP) is 7.25. The summed E-state index contributed by atoms with van der Waals surface area (Å²) in [5.74, 6) is 1.92. The van der Waals surface area contributed by atoms with Crippen molar-refractivity contribution >= 4 is 28.5 Å². The Morgan fingerprint density at radius 1 is 0.933 bits per heavy atom. The van der Waals surface area contributed by atoms with E-state index in [0.29, 0.717) is 52.8 Å². The zero-order chi connectivity index (χ0) is 31.6. The minimum atomic E-state index is -0.372. The van der Waals surface area contributed by atoms with Crippen molar-refractivity contribution in [1.29, 1.82) is 0 Å². The molecule has 4 aromatic rings. The molecule has 9 nitrogen and oxygen atoms in total. The minimum absolute atomic E-state index is 0.0259. The van der Waals surface area contributed by atoms with Crippen LogP contribution in [0.15, 0.2) is 79.0 Å². The summed E-state index contributed by atoms with van der Waals surface area (Å²) < 4.78 is 23.9. The van der Waals surface area contributed by atoms with Crippen molar-refractivity contribution in [2.24, 2.45) is 0 Å². The second-order valence-electron chi connectivity index (χ2n) is 11.0. The molecule has 1 N–H and O–H groups in total. The Kier molecular flexibility index (Phi) is 10.9. The third-order valence-electron chi connectivity index (χ3n) is 8.12. The number of aromatic nitrogens is 1. The first-order valence-corrected chi connectivity index (χ1v) is 15.7. The summed E-state index contributed by atoms with van der Waals surface area (Å²) in [5, 5.41) is 3.65. The third kappa shape index (κ3) is 8.10. The van der Waals surface area contributed by atoms with Crippen molar-refractivity contribution in [3.63, 3.8) is 0 Å². The molecule has 0 aliphatic heterocycles. The second kappa shape index (κ2) is 15.4. The lowest BCUT2D eigenvalue weighted by molar-refractivity contribution is -0.155. The lowest BCUT2D eigenvalue weighted by Crippen LogP contribution is -2.44. The number of rotatable bonds is 14. The van der Waals surface area contributed by atoms with Crippen LogP contribution in [0.1, 0.15) is 56.3 Å². The van der Waals surface area contributed by atoms with Crippen molar-refractivity contribution < 1.29 is 28.5 Å². The molecular formula is C36H41N3O6. The number of methoxy groups -OCH3 is 1. The summed E-state index contributed by atoms with van der Waals surface area (Å²) in [5.41, 5.74) is 1.93. The van der Waals surface area contributed by atoms with Gasteiger partial charge in [0.25, 0.3) is 5.91 Å². The van der Waals surface area contributed by atoms with E-state index in [9.17, 15) is 9.59 Å². The molecule has 1 heterocycles. The van der Waals surface area contributed by atoms with E-state index in [1.807, 2.05) is 30.3 Å². The molecule has 0 bridgehead atoms. The average molecular weight is 612 g/mol. The third-order valence-corrected chi connectivity index (χ3v) is 8.12. The van der Waals surface area contributed by atoms with Gasteiger partial charge in [-0.15, -0.1) is 0 Å². The van der Waals surface area contributed by atoms with Gasteiger partial charge in [0, 0.05) is 35.3 Å². The Bertz CT molecular complexity index is 1570. The summed E-state index contributed by atoms with van der Waals surface area (Å²) in [7, 11) is 1.59. The number of pyridine rings is 1. The van der Waals surface area contributed by atoms with E-state index in [4.69, 9.17) is 18.9 Å². The molecule has 0 saturated heterocycles. The number of fused-ring (bicyclic) bond motifs is 1. The highest BCUT2D eigenvalue weighted by molar-refractivity contribution is 6.04. The number of anilines is 1. The number of nitrogens with one attached hydrogen (secondary N) is 1. The fraction of sp³-hybridized carbons (Fsp3) is 0.361. The van der Waals surface area contributed by atoms with Crippen LogP contribution in [-0.2, 0) is 9.53 Å². The number of likely N-dealkylation sites (N-methyl/N-ethyl adjacent to an activating group) is 1. The maximum absolute atomic E-state index is 13.1. The molecule has 1 saturated carbocycles. The Morgan fingerprint density at radius 2 is 1.67 bits per heavy atom. The summed E-state index contributed by atoms with van der Waals surface area (Å²) in [6.07, 6.45) is 6.31. The van der Waals surface area contributed by atoms with Gasteiger partial charge in [0.05, 0.1) is 19.2 Å². The number of esters is 1. The van der Waals surface area contributed by atoms with Crippen LogP contribution in [-0.4, -0.2) is 60.7 Å². The average Bonchev–Trinajstić information content (AvgIpc) is 3.58. The largest absolute Gasteiger partial charge is 0.493 e. The predicted molar refractivity (Wildman–Crippen MR) is 174 cm³/mol. The SMILES string of the molecule is CCN(CC)[C@@H](CCOc1cc2nccc(Oc3ccc(NC(=O)c4ccccc4)cc3)c2cc1OC)C(=O)OC1CCCC1. The van der Waals surface area contributed by atoms with Gasteiger partial charge < -0.3 is 24.3 Å². The fourth-order valence-corrected chi connectivity index (χ4v) is 5.66. The number of amides is 1. The highest BCUT2D eigenvalue weighted by Crippen LogP contribution is 2.37. The van der Waals surface area contributed by atoms with Gasteiger partial charge in [-0.25, -0.2) is 0 Å². The highest BCUT2D eigenvalue weighted by atomic mass is 16.5. The Morgan fingerprint density at radius 3 is 2.36 bits per heavy atom. The minimum Gasteiger partial charge on any atom is -0.493 e. The van der Waals surface area contributed by atoms with Crippen molar-refractivity contribution in [1.82, 2.24) is 9.88 Å². The molecule has 5 rings (SSSR count). The molecule has 1 aromatic heterocycles. The molecule has 1 aliphatic rings. The zero-order valence-corrected chi connectivity index (χ0v) is 26.2. The molecule has 1 aliphatic carbocycles. The van der Waals surface area contributed by atoms with Crippen molar-refractivity contribution in [2.75, 3.05) is 32.1 Å². The maximum atomic E-state index is 13.1. The summed E-state index contributed by atoms with van der Waals surface area (Å²) in [6, 6.07) is 21.3. The Balaban J connectivity index is 1.26. The topological polar surface area (TPSA) is 99.2 Å². The fourth-order valence-electron chi connectivity index (χ4n) is 5.66. The van der Waals surface area contributed by atoms with E-state index in [2.05, 4.69) is 29.0 Å². The van der Waals surface area contributed by atoms with Gasteiger partial charge >= 0.3 is 5.97 Å². The molecule has 1 amide bonds. The standard InChI is InChI=1S/C36H41N3O6/c1-4-39(5-2)31(36(41)45-27-13-9-10-14-27)20-22-43-34-24-30-29(23-33(34)42-3)32(19-21-37-30)44-28-17-15-26(16-18-28)38-35(40)25-11-7-6-8-12-25/h6-8,11-12,15-19,21,23-24,27,31H,4-5,9-10,13-14,20,22H2,1-3H3,(H,38,40)/t31-/m0/s1. The molecule has 0 spiro atoms. The highest BCUT2D eigenvalue weighted by Gasteiger charge is 2.29. The van der Waals surface area contributed by atoms with E-state index >= 15 is 0 Å². The van der Waals surface area contributed by atoms with Crippen LogP contribution < -0.4 is 19.5 Å². The molecule has 0 radical (unpaired) electrons. The molecular weight excluding hydrogens is 570 g/mol.